The van der Waals surface area contributed by atoms with Gasteiger partial charge in [-0.15, -0.1) is 11.3 Å². The van der Waals surface area contributed by atoms with Crippen LogP contribution in [0.4, 0.5) is 13.2 Å². The van der Waals surface area contributed by atoms with Gasteiger partial charge in [0.2, 0.25) is 0 Å². The average molecular weight is 344 g/mol. The van der Waals surface area contributed by atoms with Crippen LogP contribution < -0.4 is 5.32 Å². The van der Waals surface area contributed by atoms with Gasteiger partial charge in [0.25, 0.3) is 11.7 Å². The van der Waals surface area contributed by atoms with Crippen molar-refractivity contribution in [1.29, 1.82) is 0 Å². The number of thiophene rings is 1. The number of hydrogen-bond acceptors (Lipinski definition) is 4. The Labute approximate surface area is 134 Å². The first-order valence-corrected chi connectivity index (χ1v) is 8.48. The number of fused-ring (bicyclic) bond motifs is 6. The topological polar surface area (TPSA) is 49.4 Å². The van der Waals surface area contributed by atoms with Gasteiger partial charge in [-0.05, 0) is 37.8 Å². The molecule has 3 saturated heterocycles. The van der Waals surface area contributed by atoms with E-state index in [1.807, 2.05) is 4.90 Å². The number of nitrogens with one attached hydrogen (secondary N) is 1. The number of halogens is 3. The van der Waals surface area contributed by atoms with Crippen LogP contribution in [0.5, 0.6) is 0 Å². The van der Waals surface area contributed by atoms with Gasteiger partial charge in [0, 0.05) is 24.2 Å². The fourth-order valence-electron chi connectivity index (χ4n) is 4.21. The molecule has 3 fully saturated rings. The molecule has 3 aliphatic heterocycles. The minimum absolute atomic E-state index is 0.120. The van der Waals surface area contributed by atoms with Gasteiger partial charge in [-0.1, -0.05) is 0 Å². The van der Waals surface area contributed by atoms with Crippen LogP contribution in [-0.4, -0.2) is 46.9 Å². The molecule has 8 heteroatoms. The van der Waals surface area contributed by atoms with Crippen molar-refractivity contribution >= 4 is 23.0 Å². The molecule has 0 radical (unpaired) electrons. The average Bonchev–Trinajstić information content (AvgIpc) is 3.17. The van der Waals surface area contributed by atoms with E-state index in [1.165, 1.54) is 6.07 Å². The summed E-state index contributed by atoms with van der Waals surface area (Å²) in [5.41, 5.74) is 0. The highest BCUT2D eigenvalue weighted by Crippen LogP contribution is 2.41. The van der Waals surface area contributed by atoms with Gasteiger partial charge in [-0.3, -0.25) is 9.59 Å². The van der Waals surface area contributed by atoms with Gasteiger partial charge in [0.15, 0.2) is 0 Å². The second-order valence-corrected chi connectivity index (χ2v) is 7.46. The third kappa shape index (κ3) is 2.30. The number of nitrogens with zero attached hydrogens (tertiary/aromatic N) is 1. The van der Waals surface area contributed by atoms with Crippen LogP contribution >= 0.6 is 11.3 Å². The lowest BCUT2D eigenvalue weighted by Gasteiger charge is -2.40. The fraction of sp³-hybridized carbons (Fsp3) is 0.600. The number of rotatable bonds is 2. The zero-order chi connectivity index (χ0) is 16.4. The van der Waals surface area contributed by atoms with Crippen LogP contribution in [0.2, 0.25) is 0 Å². The standard InChI is InChI=1S/C15H15F3N2O2S/c16-15(17,18)13(21)11-5-6-12(23-11)14(22)20-9-3-4-10(20)8-2-1-7(9)19-8/h5-10,19H,1-4H2. The predicted molar refractivity (Wildman–Crippen MR) is 77.6 cm³/mol. The van der Waals surface area contributed by atoms with Crippen molar-refractivity contribution < 1.29 is 22.8 Å². The number of ketones is 1. The maximum atomic E-state index is 12.8. The molecule has 4 rings (SSSR count). The highest BCUT2D eigenvalue weighted by Gasteiger charge is 2.52. The van der Waals surface area contributed by atoms with Crippen molar-refractivity contribution in [3.05, 3.63) is 21.9 Å². The summed E-state index contributed by atoms with van der Waals surface area (Å²) in [7, 11) is 0. The van der Waals surface area contributed by atoms with Crippen molar-refractivity contribution in [1.82, 2.24) is 10.2 Å². The molecule has 4 atom stereocenters. The molecule has 1 N–H and O–H groups in total. The van der Waals surface area contributed by atoms with E-state index in [2.05, 4.69) is 5.32 Å². The lowest BCUT2D eigenvalue weighted by molar-refractivity contribution is -0.0882. The van der Waals surface area contributed by atoms with Crippen LogP contribution in [0, 0.1) is 0 Å². The minimum atomic E-state index is -4.90. The Balaban J connectivity index is 1.59. The molecule has 1 aromatic rings. The number of alkyl halides is 3. The molecule has 23 heavy (non-hydrogen) atoms. The first-order chi connectivity index (χ1) is 10.9. The maximum Gasteiger partial charge on any atom is 0.455 e. The first kappa shape index (κ1) is 15.1. The SMILES string of the molecule is O=C(c1ccc(C(=O)C(F)(F)F)s1)N1C2CCC1C1CCC2N1. The molecule has 0 saturated carbocycles. The molecule has 0 spiro atoms. The molecule has 4 unspecified atom stereocenters. The van der Waals surface area contributed by atoms with Crippen molar-refractivity contribution in [3.63, 3.8) is 0 Å². The lowest BCUT2D eigenvalue weighted by atomic mass is 10.0. The Kier molecular flexibility index (Phi) is 3.32. The summed E-state index contributed by atoms with van der Waals surface area (Å²) in [6, 6.07) is 3.27. The van der Waals surface area contributed by atoms with E-state index in [4.69, 9.17) is 0 Å². The molecule has 4 nitrogen and oxygen atoms in total. The fourth-order valence-corrected chi connectivity index (χ4v) is 5.12. The Bertz CT molecular complexity index is 654. The van der Waals surface area contributed by atoms with Crippen LogP contribution in [0.1, 0.15) is 45.0 Å². The summed E-state index contributed by atoms with van der Waals surface area (Å²) in [4.78, 5) is 25.7. The normalized spacial score (nSPS) is 32.4. The van der Waals surface area contributed by atoms with Gasteiger partial charge in [-0.2, -0.15) is 13.2 Å². The zero-order valence-corrected chi connectivity index (χ0v) is 12.9. The molecular weight excluding hydrogens is 329 g/mol. The molecule has 3 aliphatic rings. The van der Waals surface area contributed by atoms with Crippen molar-refractivity contribution in [3.8, 4) is 0 Å². The van der Waals surface area contributed by atoms with E-state index in [0.717, 1.165) is 31.7 Å². The number of carbonyl (C=O) groups is 2. The number of Topliss-reactive ketones (excluding diaryl/α,β-unsaturated/α-hetero) is 1. The highest BCUT2D eigenvalue weighted by molar-refractivity contribution is 7.16. The second-order valence-electron chi connectivity index (χ2n) is 6.37. The van der Waals surface area contributed by atoms with Crippen LogP contribution in [-0.2, 0) is 0 Å². The molecule has 0 aliphatic carbocycles. The van der Waals surface area contributed by atoms with Gasteiger partial charge in [-0.25, -0.2) is 0 Å². The number of amides is 1. The Hall–Kier alpha value is -1.41. The quantitative estimate of drug-likeness (QED) is 0.839. The van der Waals surface area contributed by atoms with E-state index in [0.29, 0.717) is 23.4 Å². The molecule has 1 aromatic heterocycles. The zero-order valence-electron chi connectivity index (χ0n) is 12.1. The van der Waals surface area contributed by atoms with Crippen LogP contribution in [0.25, 0.3) is 0 Å². The largest absolute Gasteiger partial charge is 0.455 e. The van der Waals surface area contributed by atoms with Crippen molar-refractivity contribution in [2.24, 2.45) is 0 Å². The van der Waals surface area contributed by atoms with Gasteiger partial charge >= 0.3 is 6.18 Å². The monoisotopic (exact) mass is 344 g/mol. The molecule has 124 valence electrons. The number of piperazine rings is 1. The van der Waals surface area contributed by atoms with E-state index >= 15 is 0 Å². The molecule has 0 aromatic carbocycles. The third-order valence-corrected chi connectivity index (χ3v) is 6.22. The predicted octanol–water partition coefficient (Wildman–Crippen LogP) is 2.60. The van der Waals surface area contributed by atoms with Crippen molar-refractivity contribution in [2.45, 2.75) is 56.0 Å². The van der Waals surface area contributed by atoms with E-state index in [1.54, 1.807) is 0 Å². The third-order valence-electron chi connectivity index (χ3n) is 5.15. The van der Waals surface area contributed by atoms with Gasteiger partial charge < -0.3 is 10.2 Å². The summed E-state index contributed by atoms with van der Waals surface area (Å²) in [6.45, 7) is 0. The second kappa shape index (κ2) is 5.04. The van der Waals surface area contributed by atoms with Gasteiger partial charge in [0.05, 0.1) is 9.75 Å². The molecule has 4 heterocycles. The highest BCUT2D eigenvalue weighted by atomic mass is 32.1. The summed E-state index contributed by atoms with van der Waals surface area (Å²) in [5, 5.41) is 3.54. The summed E-state index contributed by atoms with van der Waals surface area (Å²) in [5.74, 6) is -2.12. The molecule has 1 amide bonds. The van der Waals surface area contributed by atoms with E-state index in [-0.39, 0.29) is 22.9 Å². The molecular formula is C15H15F3N2O2S. The minimum Gasteiger partial charge on any atom is -0.329 e. The Morgan fingerprint density at radius 3 is 2.17 bits per heavy atom. The molecule has 4 bridgehead atoms. The van der Waals surface area contributed by atoms with E-state index < -0.39 is 16.8 Å². The smallest absolute Gasteiger partial charge is 0.329 e. The maximum absolute atomic E-state index is 12.8. The Morgan fingerprint density at radius 2 is 1.61 bits per heavy atom. The van der Waals surface area contributed by atoms with Crippen LogP contribution in [0.3, 0.4) is 0 Å². The lowest BCUT2D eigenvalue weighted by Crippen LogP contribution is -2.60. The number of carbonyl (C=O) groups excluding carboxylic acids is 2. The number of hydrogen-bond donors (Lipinski definition) is 1. The summed E-state index contributed by atoms with van der Waals surface area (Å²) >= 11 is 0.643. The van der Waals surface area contributed by atoms with Gasteiger partial charge in [0.1, 0.15) is 0 Å². The van der Waals surface area contributed by atoms with E-state index in [9.17, 15) is 22.8 Å². The van der Waals surface area contributed by atoms with Crippen molar-refractivity contribution in [2.75, 3.05) is 0 Å². The first-order valence-electron chi connectivity index (χ1n) is 7.66. The summed E-state index contributed by atoms with van der Waals surface area (Å²) in [6.07, 6.45) is -0.956. The Morgan fingerprint density at radius 1 is 1.04 bits per heavy atom. The van der Waals surface area contributed by atoms with Crippen LogP contribution in [0.15, 0.2) is 12.1 Å². The summed E-state index contributed by atoms with van der Waals surface area (Å²) < 4.78 is 37.5.